The Bertz CT molecular complexity index is 2320. The summed E-state index contributed by atoms with van der Waals surface area (Å²) in [7, 11) is 0. The van der Waals surface area contributed by atoms with Crippen molar-refractivity contribution >= 4 is 64.9 Å². The standard InChI is InChI=1S/C38H31N3S2/c1-19-9-21(3)35(22(4)10-19)25-7-8-30-27(13-25)28-14-26(36-23(5)11-20(2)12-24(36)6)15-29(37(28)40-30)38-41-32-17-33-31(39-18-42-33)16-34(32)43-38/h7-18,40H,1-6H3. The number of aryl methyl sites for hydroxylation is 6. The number of hydrogen-bond donors (Lipinski definition) is 1. The summed E-state index contributed by atoms with van der Waals surface area (Å²) in [6.07, 6.45) is 0. The second-order valence-corrected chi connectivity index (χ2v) is 14.0. The van der Waals surface area contributed by atoms with Gasteiger partial charge in [0.15, 0.2) is 0 Å². The Morgan fingerprint density at radius 2 is 1.23 bits per heavy atom. The van der Waals surface area contributed by atoms with E-state index in [0.29, 0.717) is 0 Å². The van der Waals surface area contributed by atoms with Gasteiger partial charge in [-0.1, -0.05) is 41.5 Å². The van der Waals surface area contributed by atoms with Crippen molar-refractivity contribution in [2.24, 2.45) is 0 Å². The molecule has 0 amide bonds. The topological polar surface area (TPSA) is 41.6 Å². The fraction of sp³-hybridized carbons (Fsp3) is 0.158. The van der Waals surface area contributed by atoms with E-state index in [9.17, 15) is 0 Å². The molecule has 1 N–H and O–H groups in total. The monoisotopic (exact) mass is 593 g/mol. The number of aromatic nitrogens is 3. The summed E-state index contributed by atoms with van der Waals surface area (Å²) < 4.78 is 2.34. The van der Waals surface area contributed by atoms with Gasteiger partial charge in [0.05, 0.1) is 31.5 Å². The first-order valence-electron chi connectivity index (χ1n) is 14.6. The zero-order valence-electron chi connectivity index (χ0n) is 25.1. The van der Waals surface area contributed by atoms with Gasteiger partial charge in [-0.2, -0.15) is 0 Å². The van der Waals surface area contributed by atoms with Crippen LogP contribution in [0.3, 0.4) is 0 Å². The molecule has 0 radical (unpaired) electrons. The van der Waals surface area contributed by atoms with Crippen molar-refractivity contribution in [3.63, 3.8) is 0 Å². The van der Waals surface area contributed by atoms with Crippen LogP contribution in [0.4, 0.5) is 0 Å². The number of hydrogen-bond acceptors (Lipinski definition) is 4. The predicted molar refractivity (Wildman–Crippen MR) is 187 cm³/mol. The summed E-state index contributed by atoms with van der Waals surface area (Å²) in [5.74, 6) is 0. The first kappa shape index (κ1) is 26.3. The number of benzene rings is 5. The Kier molecular flexibility index (Phi) is 5.87. The molecule has 5 aromatic carbocycles. The van der Waals surface area contributed by atoms with Crippen molar-refractivity contribution in [3.8, 4) is 32.8 Å². The maximum absolute atomic E-state index is 5.20. The van der Waals surface area contributed by atoms with Gasteiger partial charge >= 0.3 is 0 Å². The molecule has 210 valence electrons. The highest BCUT2D eigenvalue weighted by atomic mass is 32.1. The molecule has 8 rings (SSSR count). The molecule has 43 heavy (non-hydrogen) atoms. The number of rotatable bonds is 3. The number of nitrogens with zero attached hydrogens (tertiary/aromatic N) is 2. The lowest BCUT2D eigenvalue weighted by Gasteiger charge is -2.14. The third-order valence-electron chi connectivity index (χ3n) is 8.71. The molecule has 0 spiro atoms. The van der Waals surface area contributed by atoms with Crippen molar-refractivity contribution in [2.75, 3.05) is 0 Å². The van der Waals surface area contributed by atoms with Gasteiger partial charge in [0.1, 0.15) is 5.01 Å². The molecule has 0 aliphatic carbocycles. The van der Waals surface area contributed by atoms with Crippen LogP contribution in [0.2, 0.25) is 0 Å². The number of thiazole rings is 2. The summed E-state index contributed by atoms with van der Waals surface area (Å²) in [6.45, 7) is 13.3. The van der Waals surface area contributed by atoms with E-state index in [4.69, 9.17) is 4.98 Å². The van der Waals surface area contributed by atoms with Gasteiger partial charge in [-0.25, -0.2) is 9.97 Å². The Balaban J connectivity index is 1.43. The van der Waals surface area contributed by atoms with Gasteiger partial charge in [-0.3, -0.25) is 0 Å². The molecular weight excluding hydrogens is 563 g/mol. The molecule has 0 fully saturated rings. The molecule has 3 heterocycles. The summed E-state index contributed by atoms with van der Waals surface area (Å²) in [5, 5.41) is 3.50. The fourth-order valence-corrected chi connectivity index (χ4v) is 8.83. The van der Waals surface area contributed by atoms with E-state index in [1.807, 2.05) is 5.51 Å². The van der Waals surface area contributed by atoms with E-state index in [1.165, 1.54) is 75.8 Å². The molecule has 0 saturated carbocycles. The minimum atomic E-state index is 1.03. The highest BCUT2D eigenvalue weighted by Gasteiger charge is 2.19. The highest BCUT2D eigenvalue weighted by molar-refractivity contribution is 7.22. The minimum absolute atomic E-state index is 1.03. The quantitative estimate of drug-likeness (QED) is 0.221. The van der Waals surface area contributed by atoms with E-state index in [2.05, 4.69) is 118 Å². The smallest absolute Gasteiger partial charge is 0.126 e. The zero-order chi connectivity index (χ0) is 29.6. The molecule has 5 heteroatoms. The third kappa shape index (κ3) is 4.21. The van der Waals surface area contributed by atoms with E-state index in [0.717, 1.165) is 32.6 Å². The zero-order valence-corrected chi connectivity index (χ0v) is 26.8. The predicted octanol–water partition coefficient (Wildman–Crippen LogP) is 11.4. The van der Waals surface area contributed by atoms with Gasteiger partial charge in [0.2, 0.25) is 0 Å². The Morgan fingerprint density at radius 3 is 1.93 bits per heavy atom. The summed E-state index contributed by atoms with van der Waals surface area (Å²) >= 11 is 3.41. The lowest BCUT2D eigenvalue weighted by molar-refractivity contribution is 1.32. The number of nitrogens with one attached hydrogen (secondary N) is 1. The van der Waals surface area contributed by atoms with Crippen LogP contribution in [-0.4, -0.2) is 15.0 Å². The largest absolute Gasteiger partial charge is 0.354 e. The minimum Gasteiger partial charge on any atom is -0.354 e. The first-order chi connectivity index (χ1) is 20.7. The molecule has 0 aliphatic heterocycles. The normalized spacial score (nSPS) is 12.0. The second-order valence-electron chi connectivity index (χ2n) is 12.0. The molecular formula is C38H31N3S2. The maximum atomic E-state index is 5.20. The van der Waals surface area contributed by atoms with Crippen LogP contribution in [0.1, 0.15) is 33.4 Å². The van der Waals surface area contributed by atoms with Crippen molar-refractivity contribution in [1.82, 2.24) is 15.0 Å². The molecule has 3 nitrogen and oxygen atoms in total. The van der Waals surface area contributed by atoms with Gasteiger partial charge in [0.25, 0.3) is 0 Å². The van der Waals surface area contributed by atoms with Gasteiger partial charge in [-0.15, -0.1) is 22.7 Å². The number of H-pyrrole nitrogens is 1. The fourth-order valence-electron chi connectivity index (χ4n) is 7.13. The summed E-state index contributed by atoms with van der Waals surface area (Å²) in [5.41, 5.74) is 20.3. The second kappa shape index (κ2) is 9.60. The SMILES string of the molecule is Cc1cc(C)c(-c2ccc3[nH]c4c(-c5nc6cc7scnc7cc6s5)cc(-c5c(C)cc(C)cc5C)cc4c3c2)c(C)c1. The Hall–Kier alpha value is -4.32. The first-order valence-corrected chi connectivity index (χ1v) is 16.3. The van der Waals surface area contributed by atoms with Crippen LogP contribution < -0.4 is 0 Å². The van der Waals surface area contributed by atoms with Crippen LogP contribution in [0.15, 0.2) is 72.2 Å². The average molecular weight is 594 g/mol. The molecule has 0 bridgehead atoms. The van der Waals surface area contributed by atoms with Crippen LogP contribution >= 0.6 is 22.7 Å². The summed E-state index contributed by atoms with van der Waals surface area (Å²) in [4.78, 5) is 13.6. The Morgan fingerprint density at radius 1 is 0.605 bits per heavy atom. The van der Waals surface area contributed by atoms with E-state index in [1.54, 1.807) is 22.7 Å². The molecule has 3 aromatic heterocycles. The maximum Gasteiger partial charge on any atom is 0.126 e. The van der Waals surface area contributed by atoms with E-state index < -0.39 is 0 Å². The number of aromatic amines is 1. The van der Waals surface area contributed by atoms with Gasteiger partial charge in [0, 0.05) is 21.9 Å². The Labute approximate surface area is 258 Å². The third-order valence-corrected chi connectivity index (χ3v) is 10.6. The lowest BCUT2D eigenvalue weighted by atomic mass is 9.90. The van der Waals surface area contributed by atoms with Crippen molar-refractivity contribution in [3.05, 3.63) is 106 Å². The van der Waals surface area contributed by atoms with Crippen molar-refractivity contribution in [2.45, 2.75) is 41.5 Å². The van der Waals surface area contributed by atoms with E-state index in [-0.39, 0.29) is 0 Å². The van der Waals surface area contributed by atoms with Crippen molar-refractivity contribution < 1.29 is 0 Å². The van der Waals surface area contributed by atoms with Gasteiger partial charge < -0.3 is 4.98 Å². The molecule has 0 aliphatic rings. The van der Waals surface area contributed by atoms with E-state index >= 15 is 0 Å². The van der Waals surface area contributed by atoms with Crippen LogP contribution in [0.25, 0.3) is 75.1 Å². The summed E-state index contributed by atoms with van der Waals surface area (Å²) in [6, 6.07) is 25.1. The van der Waals surface area contributed by atoms with Crippen LogP contribution in [0.5, 0.6) is 0 Å². The molecule has 8 aromatic rings. The van der Waals surface area contributed by atoms with Crippen LogP contribution in [-0.2, 0) is 0 Å². The highest BCUT2D eigenvalue weighted by Crippen LogP contribution is 2.43. The lowest BCUT2D eigenvalue weighted by Crippen LogP contribution is -1.92. The van der Waals surface area contributed by atoms with Crippen molar-refractivity contribution in [1.29, 1.82) is 0 Å². The molecule has 0 atom stereocenters. The molecule has 0 unspecified atom stereocenters. The van der Waals surface area contributed by atoms with Crippen LogP contribution in [0, 0.1) is 41.5 Å². The van der Waals surface area contributed by atoms with Gasteiger partial charge in [-0.05, 0) is 122 Å². The molecule has 0 saturated heterocycles. The number of fused-ring (bicyclic) bond motifs is 5. The average Bonchev–Trinajstić information content (AvgIpc) is 3.66.